The highest BCUT2D eigenvalue weighted by Crippen LogP contribution is 2.28. The van der Waals surface area contributed by atoms with E-state index in [1.54, 1.807) is 0 Å². The van der Waals surface area contributed by atoms with Crippen LogP contribution in [-0.4, -0.2) is 47.3 Å². The molecule has 0 radical (unpaired) electrons. The second-order valence-corrected chi connectivity index (χ2v) is 6.05. The first-order chi connectivity index (χ1) is 10.5. The lowest BCUT2D eigenvalue weighted by molar-refractivity contribution is -0.380. The van der Waals surface area contributed by atoms with Gasteiger partial charge in [-0.05, 0) is 31.9 Å². The second-order valence-electron chi connectivity index (χ2n) is 4.98. The molecule has 1 aliphatic rings. The molecule has 1 aromatic heterocycles. The molecule has 8 nitrogen and oxygen atoms in total. The number of hydrogen-bond donors (Lipinski definition) is 2. The molecule has 3 N–H and O–H groups in total. The first-order valence-electron chi connectivity index (χ1n) is 7.07. The van der Waals surface area contributed by atoms with Gasteiger partial charge in [-0.15, -0.1) is 0 Å². The number of carbonyl (C=O) groups excluding carboxylic acids is 2. The van der Waals surface area contributed by atoms with Crippen LogP contribution >= 0.6 is 11.3 Å². The number of nitro groups is 1. The zero-order valence-electron chi connectivity index (χ0n) is 12.0. The van der Waals surface area contributed by atoms with E-state index in [-0.39, 0.29) is 21.7 Å². The van der Waals surface area contributed by atoms with Crippen LogP contribution in [0.25, 0.3) is 0 Å². The van der Waals surface area contributed by atoms with Crippen molar-refractivity contribution >= 4 is 28.2 Å². The Bertz CT molecular complexity index is 574. The zero-order valence-corrected chi connectivity index (χ0v) is 12.8. The molecule has 0 saturated carbocycles. The summed E-state index contributed by atoms with van der Waals surface area (Å²) in [7, 11) is 0. The molecule has 1 fully saturated rings. The van der Waals surface area contributed by atoms with Gasteiger partial charge in [-0.3, -0.25) is 19.7 Å². The molecule has 2 heterocycles. The minimum Gasteiger partial charge on any atom is -0.354 e. The van der Waals surface area contributed by atoms with Gasteiger partial charge in [0.2, 0.25) is 5.91 Å². The Morgan fingerprint density at radius 2 is 2.27 bits per heavy atom. The molecule has 9 heteroatoms. The highest BCUT2D eigenvalue weighted by molar-refractivity contribution is 7.17. The van der Waals surface area contributed by atoms with Crippen molar-refractivity contribution < 1.29 is 14.5 Å². The molecule has 1 atom stereocenters. The highest BCUT2D eigenvalue weighted by Gasteiger charge is 2.35. The van der Waals surface area contributed by atoms with Crippen molar-refractivity contribution in [1.29, 1.82) is 0 Å². The third-order valence-electron chi connectivity index (χ3n) is 3.48. The number of nitrogens with two attached hydrogens (primary N) is 1. The molecule has 1 aromatic rings. The summed E-state index contributed by atoms with van der Waals surface area (Å²) < 4.78 is 0. The predicted octanol–water partition coefficient (Wildman–Crippen LogP) is 0.726. The molecule has 1 saturated heterocycles. The average molecular weight is 326 g/mol. The largest absolute Gasteiger partial charge is 0.354 e. The fourth-order valence-electron chi connectivity index (χ4n) is 2.40. The van der Waals surface area contributed by atoms with Gasteiger partial charge >= 0.3 is 5.00 Å². The number of hydrogen-bond acceptors (Lipinski definition) is 6. The minimum atomic E-state index is -0.525. The van der Waals surface area contributed by atoms with E-state index < -0.39 is 11.0 Å². The molecule has 2 rings (SSSR count). The van der Waals surface area contributed by atoms with Gasteiger partial charge in [0.25, 0.3) is 5.91 Å². The zero-order chi connectivity index (χ0) is 16.1. The maximum atomic E-state index is 12.4. The third-order valence-corrected chi connectivity index (χ3v) is 4.50. The Morgan fingerprint density at radius 3 is 2.91 bits per heavy atom. The number of amides is 2. The van der Waals surface area contributed by atoms with E-state index in [1.165, 1.54) is 17.0 Å². The number of carbonyl (C=O) groups is 2. The lowest BCUT2D eigenvalue weighted by Gasteiger charge is -2.23. The van der Waals surface area contributed by atoms with E-state index in [2.05, 4.69) is 5.32 Å². The Hall–Kier alpha value is -2.00. The van der Waals surface area contributed by atoms with Gasteiger partial charge in [0.15, 0.2) is 0 Å². The molecule has 1 aliphatic heterocycles. The molecule has 0 bridgehead atoms. The summed E-state index contributed by atoms with van der Waals surface area (Å²) >= 11 is 0.833. The van der Waals surface area contributed by atoms with E-state index in [0.29, 0.717) is 32.5 Å². The van der Waals surface area contributed by atoms with Crippen molar-refractivity contribution in [3.63, 3.8) is 0 Å². The van der Waals surface area contributed by atoms with Crippen LogP contribution in [0.3, 0.4) is 0 Å². The third kappa shape index (κ3) is 3.60. The molecule has 0 aliphatic carbocycles. The average Bonchev–Trinajstić information content (AvgIpc) is 3.16. The lowest BCUT2D eigenvalue weighted by Crippen LogP contribution is -2.46. The molecule has 120 valence electrons. The van der Waals surface area contributed by atoms with Gasteiger partial charge in [-0.1, -0.05) is 11.3 Å². The summed E-state index contributed by atoms with van der Waals surface area (Å²) in [5.41, 5.74) is 5.38. The number of likely N-dealkylation sites (tertiary alicyclic amines) is 1. The Morgan fingerprint density at radius 1 is 1.50 bits per heavy atom. The van der Waals surface area contributed by atoms with Crippen LogP contribution in [0.1, 0.15) is 28.9 Å². The summed E-state index contributed by atoms with van der Waals surface area (Å²) in [6, 6.07) is 2.24. The number of nitrogens with one attached hydrogen (secondary N) is 1. The maximum absolute atomic E-state index is 12.4. The van der Waals surface area contributed by atoms with Crippen molar-refractivity contribution in [2.45, 2.75) is 25.3 Å². The van der Waals surface area contributed by atoms with E-state index in [0.717, 1.165) is 17.8 Å². The van der Waals surface area contributed by atoms with E-state index in [9.17, 15) is 19.7 Å². The van der Waals surface area contributed by atoms with E-state index in [1.807, 2.05) is 0 Å². The highest BCUT2D eigenvalue weighted by atomic mass is 32.1. The van der Waals surface area contributed by atoms with Crippen molar-refractivity contribution in [2.24, 2.45) is 5.73 Å². The smallest absolute Gasteiger partial charge is 0.324 e. The Kier molecular flexibility index (Phi) is 5.45. The van der Waals surface area contributed by atoms with Gasteiger partial charge in [0.1, 0.15) is 6.04 Å². The standard InChI is InChI=1S/C13H18N4O4S/c14-6-2-7-15-12(18)9-3-1-8-16(9)13(19)10-4-5-11(22-10)17(20)21/h4-5,9H,1-3,6-8,14H2,(H,15,18). The molecular formula is C13H18N4O4S. The molecule has 1 unspecified atom stereocenters. The molecule has 2 amide bonds. The van der Waals surface area contributed by atoms with Gasteiger partial charge in [0, 0.05) is 19.2 Å². The van der Waals surface area contributed by atoms with Crippen LogP contribution in [0.15, 0.2) is 12.1 Å². The summed E-state index contributed by atoms with van der Waals surface area (Å²) in [5.74, 6) is -0.514. The van der Waals surface area contributed by atoms with Crippen LogP contribution < -0.4 is 11.1 Å². The summed E-state index contributed by atoms with van der Waals surface area (Å²) in [5, 5.41) is 13.4. The summed E-state index contributed by atoms with van der Waals surface area (Å²) in [4.78, 5) is 36.5. The number of nitrogens with zero attached hydrogens (tertiary/aromatic N) is 2. The monoisotopic (exact) mass is 326 g/mol. The van der Waals surface area contributed by atoms with Crippen LogP contribution in [0.5, 0.6) is 0 Å². The topological polar surface area (TPSA) is 119 Å². The first kappa shape index (κ1) is 16.4. The second kappa shape index (κ2) is 7.32. The van der Waals surface area contributed by atoms with Gasteiger partial charge in [0.05, 0.1) is 9.80 Å². The van der Waals surface area contributed by atoms with Crippen LogP contribution in [0.4, 0.5) is 5.00 Å². The summed E-state index contributed by atoms with van der Waals surface area (Å²) in [6.45, 7) is 1.46. The van der Waals surface area contributed by atoms with Crippen molar-refractivity contribution in [2.75, 3.05) is 19.6 Å². The summed E-state index contributed by atoms with van der Waals surface area (Å²) in [6.07, 6.45) is 2.03. The predicted molar refractivity (Wildman–Crippen MR) is 81.7 cm³/mol. The van der Waals surface area contributed by atoms with E-state index in [4.69, 9.17) is 5.73 Å². The minimum absolute atomic E-state index is 0.0773. The van der Waals surface area contributed by atoms with Crippen LogP contribution in [0.2, 0.25) is 0 Å². The first-order valence-corrected chi connectivity index (χ1v) is 7.89. The van der Waals surface area contributed by atoms with E-state index >= 15 is 0 Å². The van der Waals surface area contributed by atoms with Gasteiger partial charge in [-0.2, -0.15) is 0 Å². The number of thiophene rings is 1. The number of rotatable bonds is 6. The maximum Gasteiger partial charge on any atom is 0.324 e. The van der Waals surface area contributed by atoms with Gasteiger partial charge in [-0.25, -0.2) is 0 Å². The van der Waals surface area contributed by atoms with Crippen LogP contribution in [-0.2, 0) is 4.79 Å². The fourth-order valence-corrected chi connectivity index (χ4v) is 3.17. The lowest BCUT2D eigenvalue weighted by atomic mass is 10.2. The molecule has 0 spiro atoms. The van der Waals surface area contributed by atoms with Crippen LogP contribution in [0, 0.1) is 10.1 Å². The Labute approximate surface area is 131 Å². The van der Waals surface area contributed by atoms with Crippen molar-refractivity contribution in [3.8, 4) is 0 Å². The molecule has 0 aromatic carbocycles. The fraction of sp³-hybridized carbons (Fsp3) is 0.538. The molecular weight excluding hydrogens is 308 g/mol. The molecule has 22 heavy (non-hydrogen) atoms. The SMILES string of the molecule is NCCCNC(=O)C1CCCN1C(=O)c1ccc([N+](=O)[O-])s1. The Balaban J connectivity index is 2.04. The normalized spacial score (nSPS) is 17.5. The van der Waals surface area contributed by atoms with Gasteiger partial charge < -0.3 is 16.0 Å². The quantitative estimate of drug-likeness (QED) is 0.454. The van der Waals surface area contributed by atoms with Crippen molar-refractivity contribution in [3.05, 3.63) is 27.1 Å². The van der Waals surface area contributed by atoms with Crippen molar-refractivity contribution in [1.82, 2.24) is 10.2 Å².